The number of halogens is 1. The molecule has 4 aliphatic carbocycles. The van der Waals surface area contributed by atoms with Gasteiger partial charge in [-0.15, -0.1) is 0 Å². The number of amides is 2. The third-order valence-electron chi connectivity index (χ3n) is 7.45. The van der Waals surface area contributed by atoms with E-state index >= 15 is 0 Å². The number of carbonyl (C=O) groups excluding carboxylic acids is 2. The zero-order valence-electron chi connectivity index (χ0n) is 17.8. The van der Waals surface area contributed by atoms with Gasteiger partial charge in [0.05, 0.1) is 5.56 Å². The van der Waals surface area contributed by atoms with Crippen LogP contribution in [0.25, 0.3) is 0 Å². The highest BCUT2D eigenvalue weighted by Gasteiger charge is 2.51. The van der Waals surface area contributed by atoms with Gasteiger partial charge in [-0.1, -0.05) is 26.0 Å². The highest BCUT2D eigenvalue weighted by atomic mass is 19.1. The van der Waals surface area contributed by atoms with E-state index in [1.807, 2.05) is 25.8 Å². The molecule has 4 aliphatic rings. The second-order valence-electron chi connectivity index (χ2n) is 10.3. The molecule has 5 rings (SSSR count). The van der Waals surface area contributed by atoms with Crippen molar-refractivity contribution < 1.29 is 14.0 Å². The number of benzene rings is 1. The summed E-state index contributed by atoms with van der Waals surface area (Å²) < 4.78 is 14.0. The Kier molecular flexibility index (Phi) is 5.43. The first kappa shape index (κ1) is 20.4. The molecule has 1 aromatic carbocycles. The van der Waals surface area contributed by atoms with Crippen LogP contribution in [0.1, 0.15) is 62.7 Å². The lowest BCUT2D eigenvalue weighted by molar-refractivity contribution is -0.138. The summed E-state index contributed by atoms with van der Waals surface area (Å²) in [5.41, 5.74) is 0.241. The topological polar surface area (TPSA) is 49.4 Å². The van der Waals surface area contributed by atoms with Gasteiger partial charge in [0.15, 0.2) is 0 Å². The van der Waals surface area contributed by atoms with Crippen molar-refractivity contribution in [2.45, 2.75) is 58.4 Å². The molecule has 0 saturated heterocycles. The predicted octanol–water partition coefficient (Wildman–Crippen LogP) is 4.25. The summed E-state index contributed by atoms with van der Waals surface area (Å²) in [6.45, 7) is 4.61. The SMILES string of the molecule is CC(C)C(NC(=O)c1ccccc1F)C(=O)N(C)CC12CC3CC(CC(C3)C1)C2. The Morgan fingerprint density at radius 1 is 1.10 bits per heavy atom. The smallest absolute Gasteiger partial charge is 0.254 e. The zero-order valence-corrected chi connectivity index (χ0v) is 17.8. The maximum atomic E-state index is 14.0. The van der Waals surface area contributed by atoms with E-state index in [0.29, 0.717) is 0 Å². The predicted molar refractivity (Wildman–Crippen MR) is 111 cm³/mol. The fraction of sp³-hybridized carbons (Fsp3) is 0.667. The third-order valence-corrected chi connectivity index (χ3v) is 7.45. The number of nitrogens with zero attached hydrogens (tertiary/aromatic N) is 1. The van der Waals surface area contributed by atoms with E-state index in [-0.39, 0.29) is 22.8 Å². The van der Waals surface area contributed by atoms with Gasteiger partial charge in [0.25, 0.3) is 5.91 Å². The van der Waals surface area contributed by atoms with Crippen molar-refractivity contribution >= 4 is 11.8 Å². The summed E-state index contributed by atoms with van der Waals surface area (Å²) in [7, 11) is 1.87. The number of rotatable bonds is 6. The van der Waals surface area contributed by atoms with Crippen LogP contribution < -0.4 is 5.32 Å². The van der Waals surface area contributed by atoms with Crippen LogP contribution in [0.5, 0.6) is 0 Å². The van der Waals surface area contributed by atoms with Crippen LogP contribution in [-0.2, 0) is 4.79 Å². The molecule has 0 aromatic heterocycles. The van der Waals surface area contributed by atoms with Crippen molar-refractivity contribution in [3.63, 3.8) is 0 Å². The molecular weight excluding hydrogens is 367 g/mol. The monoisotopic (exact) mass is 400 g/mol. The molecule has 1 atom stereocenters. The van der Waals surface area contributed by atoms with Gasteiger partial charge < -0.3 is 10.2 Å². The van der Waals surface area contributed by atoms with Crippen molar-refractivity contribution in [1.29, 1.82) is 0 Å². The Bertz CT molecular complexity index is 756. The van der Waals surface area contributed by atoms with Crippen LogP contribution in [0.15, 0.2) is 24.3 Å². The quantitative estimate of drug-likeness (QED) is 0.776. The summed E-state index contributed by atoms with van der Waals surface area (Å²) in [5, 5.41) is 2.79. The van der Waals surface area contributed by atoms with E-state index < -0.39 is 17.8 Å². The van der Waals surface area contributed by atoms with Crippen LogP contribution in [0.2, 0.25) is 0 Å². The maximum Gasteiger partial charge on any atom is 0.254 e. The lowest BCUT2D eigenvalue weighted by Crippen LogP contribution is -2.55. The van der Waals surface area contributed by atoms with Gasteiger partial charge >= 0.3 is 0 Å². The molecule has 4 saturated carbocycles. The molecule has 4 nitrogen and oxygen atoms in total. The number of nitrogens with one attached hydrogen (secondary N) is 1. The molecule has 0 aliphatic heterocycles. The first-order chi connectivity index (χ1) is 13.8. The fourth-order valence-corrected chi connectivity index (χ4v) is 6.68. The first-order valence-electron chi connectivity index (χ1n) is 11.1. The zero-order chi connectivity index (χ0) is 20.8. The van der Waals surface area contributed by atoms with E-state index in [1.165, 1.54) is 50.7 Å². The Labute approximate surface area is 173 Å². The summed E-state index contributed by atoms with van der Waals surface area (Å²) in [6.07, 6.45) is 7.86. The van der Waals surface area contributed by atoms with E-state index in [4.69, 9.17) is 0 Å². The average molecular weight is 401 g/mol. The van der Waals surface area contributed by atoms with Crippen LogP contribution in [-0.4, -0.2) is 36.3 Å². The molecule has 5 heteroatoms. The van der Waals surface area contributed by atoms with Gasteiger partial charge in [-0.25, -0.2) is 4.39 Å². The second-order valence-corrected chi connectivity index (χ2v) is 10.3. The number of carbonyl (C=O) groups is 2. The molecule has 1 unspecified atom stereocenters. The lowest BCUT2D eigenvalue weighted by atomic mass is 9.49. The molecule has 0 radical (unpaired) electrons. The Morgan fingerprint density at radius 2 is 1.66 bits per heavy atom. The van der Waals surface area contributed by atoms with Crippen LogP contribution in [0, 0.1) is 34.9 Å². The molecule has 158 valence electrons. The van der Waals surface area contributed by atoms with Crippen molar-refractivity contribution in [3.8, 4) is 0 Å². The highest BCUT2D eigenvalue weighted by molar-refractivity contribution is 5.97. The van der Waals surface area contributed by atoms with E-state index in [9.17, 15) is 14.0 Å². The Hall–Kier alpha value is -1.91. The minimum Gasteiger partial charge on any atom is -0.343 e. The van der Waals surface area contributed by atoms with E-state index in [2.05, 4.69) is 5.32 Å². The summed E-state index contributed by atoms with van der Waals surface area (Å²) in [5.74, 6) is 1.28. The molecule has 2 amide bonds. The van der Waals surface area contributed by atoms with Crippen LogP contribution in [0.3, 0.4) is 0 Å². The summed E-state index contributed by atoms with van der Waals surface area (Å²) in [6, 6.07) is 5.24. The van der Waals surface area contributed by atoms with Crippen LogP contribution in [0.4, 0.5) is 4.39 Å². The minimum atomic E-state index is -0.652. The molecule has 4 fully saturated rings. The summed E-state index contributed by atoms with van der Waals surface area (Å²) >= 11 is 0. The Morgan fingerprint density at radius 3 is 2.17 bits per heavy atom. The van der Waals surface area contributed by atoms with Gasteiger partial charge in [0.1, 0.15) is 11.9 Å². The lowest BCUT2D eigenvalue weighted by Gasteiger charge is -2.57. The van der Waals surface area contributed by atoms with Gasteiger partial charge in [0.2, 0.25) is 5.91 Å². The molecule has 29 heavy (non-hydrogen) atoms. The summed E-state index contributed by atoms with van der Waals surface area (Å²) in [4.78, 5) is 27.7. The van der Waals surface area contributed by atoms with Crippen molar-refractivity contribution in [2.24, 2.45) is 29.1 Å². The highest BCUT2D eigenvalue weighted by Crippen LogP contribution is 2.60. The van der Waals surface area contributed by atoms with Crippen LogP contribution >= 0.6 is 0 Å². The van der Waals surface area contributed by atoms with Crippen molar-refractivity contribution in [3.05, 3.63) is 35.6 Å². The first-order valence-corrected chi connectivity index (χ1v) is 11.1. The standard InChI is InChI=1S/C24H33FN2O2/c1-15(2)21(26-22(28)19-6-4-5-7-20(19)25)23(29)27(3)14-24-11-16-8-17(12-24)10-18(9-16)13-24/h4-7,15-18,21H,8-14H2,1-3H3,(H,26,28). The molecule has 0 spiro atoms. The molecule has 1 N–H and O–H groups in total. The molecular formula is C24H33FN2O2. The second kappa shape index (κ2) is 7.73. The van der Waals surface area contributed by atoms with Crippen molar-refractivity contribution in [2.75, 3.05) is 13.6 Å². The minimum absolute atomic E-state index is 0.0188. The maximum absolute atomic E-state index is 14.0. The Balaban J connectivity index is 1.44. The van der Waals surface area contributed by atoms with Gasteiger partial charge in [-0.3, -0.25) is 9.59 Å². The average Bonchev–Trinajstić information content (AvgIpc) is 2.64. The number of likely N-dealkylation sites (N-methyl/N-ethyl adjacent to an activating group) is 1. The fourth-order valence-electron chi connectivity index (χ4n) is 6.68. The molecule has 0 heterocycles. The van der Waals surface area contributed by atoms with Crippen molar-refractivity contribution in [1.82, 2.24) is 10.2 Å². The number of hydrogen-bond acceptors (Lipinski definition) is 2. The largest absolute Gasteiger partial charge is 0.343 e. The van der Waals surface area contributed by atoms with Gasteiger partial charge in [0, 0.05) is 13.6 Å². The van der Waals surface area contributed by atoms with E-state index in [0.717, 1.165) is 24.3 Å². The van der Waals surface area contributed by atoms with Gasteiger partial charge in [-0.05, 0) is 79.7 Å². The molecule has 4 bridgehead atoms. The normalized spacial score (nSPS) is 31.0. The van der Waals surface area contributed by atoms with E-state index in [1.54, 1.807) is 12.1 Å². The van der Waals surface area contributed by atoms with Gasteiger partial charge in [-0.2, -0.15) is 0 Å². The number of hydrogen-bond donors (Lipinski definition) is 1. The molecule has 1 aromatic rings. The third kappa shape index (κ3) is 4.06.